The van der Waals surface area contributed by atoms with Gasteiger partial charge in [-0.15, -0.1) is 0 Å². The molecule has 0 N–H and O–H groups in total. The molecule has 0 amide bonds. The molecule has 2 heterocycles. The Morgan fingerprint density at radius 2 is 2.06 bits per heavy atom. The van der Waals surface area contributed by atoms with E-state index in [9.17, 15) is 0 Å². The predicted molar refractivity (Wildman–Crippen MR) is 74.7 cm³/mol. The minimum absolute atomic E-state index is 0.700. The Morgan fingerprint density at radius 3 is 2.83 bits per heavy atom. The lowest BCUT2D eigenvalue weighted by Crippen LogP contribution is -2.29. The second-order valence-corrected chi connectivity index (χ2v) is 5.30. The largest absolute Gasteiger partial charge is 0.431 e. The summed E-state index contributed by atoms with van der Waals surface area (Å²) in [4.78, 5) is 6.57. The topological polar surface area (TPSA) is 25.4 Å². The van der Waals surface area contributed by atoms with Gasteiger partial charge in [-0.05, 0) is 31.4 Å². The molecule has 1 aromatic heterocycles. The Bertz CT molecular complexity index is 492. The van der Waals surface area contributed by atoms with Crippen molar-refractivity contribution < 1.29 is 4.74 Å². The molecule has 0 unspecified atom stereocenters. The molecule has 2 aromatic rings. The van der Waals surface area contributed by atoms with Crippen LogP contribution in [0.3, 0.4) is 0 Å². The van der Waals surface area contributed by atoms with E-state index >= 15 is 0 Å². The number of anilines is 1. The number of rotatable bonds is 3. The lowest BCUT2D eigenvalue weighted by Gasteiger charge is -2.28. The summed E-state index contributed by atoms with van der Waals surface area (Å²) < 4.78 is 5.73. The van der Waals surface area contributed by atoms with Gasteiger partial charge in [0, 0.05) is 36.4 Å². The van der Waals surface area contributed by atoms with Crippen LogP contribution in [0.5, 0.6) is 10.9 Å². The lowest BCUT2D eigenvalue weighted by molar-refractivity contribution is 0.478. The van der Waals surface area contributed by atoms with Crippen molar-refractivity contribution in [3.63, 3.8) is 0 Å². The van der Waals surface area contributed by atoms with Gasteiger partial charge in [0.25, 0.3) is 5.19 Å². The summed E-state index contributed by atoms with van der Waals surface area (Å²) in [6, 6.07) is 8.29. The average molecular weight is 260 g/mol. The fraction of sp³-hybridized carbons (Fsp3) is 0.357. The summed E-state index contributed by atoms with van der Waals surface area (Å²) in [5.74, 6) is 0.869. The van der Waals surface area contributed by atoms with Crippen LogP contribution in [-0.4, -0.2) is 18.1 Å². The van der Waals surface area contributed by atoms with Gasteiger partial charge in [0.05, 0.1) is 0 Å². The van der Waals surface area contributed by atoms with Gasteiger partial charge in [-0.2, -0.15) is 0 Å². The zero-order valence-electron chi connectivity index (χ0n) is 10.2. The molecule has 3 nitrogen and oxygen atoms in total. The van der Waals surface area contributed by atoms with Gasteiger partial charge in [0.15, 0.2) is 0 Å². The van der Waals surface area contributed by atoms with E-state index in [1.807, 2.05) is 17.5 Å². The van der Waals surface area contributed by atoms with Crippen LogP contribution < -0.4 is 9.64 Å². The first-order chi connectivity index (χ1) is 8.92. The Labute approximate surface area is 111 Å². The van der Waals surface area contributed by atoms with Crippen molar-refractivity contribution in [1.29, 1.82) is 0 Å². The maximum Gasteiger partial charge on any atom is 0.278 e. The fourth-order valence-corrected chi connectivity index (χ4v) is 2.76. The van der Waals surface area contributed by atoms with Crippen LogP contribution in [0.15, 0.2) is 35.8 Å². The normalized spacial score (nSPS) is 15.7. The molecule has 0 bridgehead atoms. The van der Waals surface area contributed by atoms with Gasteiger partial charge in [-0.25, -0.2) is 4.98 Å². The molecule has 0 radical (unpaired) electrons. The molecule has 3 rings (SSSR count). The molecule has 94 valence electrons. The SMILES string of the molecule is c1cc(Oc2nccs2)cc(N2CCCCC2)c1. The molecule has 1 aliphatic rings. The predicted octanol–water partition coefficient (Wildman–Crippen LogP) is 3.93. The molecule has 0 spiro atoms. The minimum atomic E-state index is 0.700. The highest BCUT2D eigenvalue weighted by atomic mass is 32.1. The number of piperidine rings is 1. The number of hydrogen-bond donors (Lipinski definition) is 0. The van der Waals surface area contributed by atoms with Crippen LogP contribution in [0.2, 0.25) is 0 Å². The van der Waals surface area contributed by atoms with Crippen molar-refractivity contribution in [2.24, 2.45) is 0 Å². The third-order valence-corrected chi connectivity index (χ3v) is 3.80. The van der Waals surface area contributed by atoms with E-state index in [1.165, 1.54) is 36.3 Å². The quantitative estimate of drug-likeness (QED) is 0.836. The minimum Gasteiger partial charge on any atom is -0.431 e. The van der Waals surface area contributed by atoms with Crippen LogP contribution >= 0.6 is 11.3 Å². The molecule has 1 fully saturated rings. The number of thiazole rings is 1. The Balaban J connectivity index is 1.76. The number of aromatic nitrogens is 1. The number of nitrogens with zero attached hydrogens (tertiary/aromatic N) is 2. The fourth-order valence-electron chi connectivity index (χ4n) is 2.26. The van der Waals surface area contributed by atoms with E-state index < -0.39 is 0 Å². The van der Waals surface area contributed by atoms with E-state index in [2.05, 4.69) is 22.0 Å². The molecule has 18 heavy (non-hydrogen) atoms. The summed E-state index contributed by atoms with van der Waals surface area (Å²) in [7, 11) is 0. The van der Waals surface area contributed by atoms with Crippen molar-refractivity contribution in [3.8, 4) is 10.9 Å². The average Bonchev–Trinajstić information content (AvgIpc) is 2.93. The zero-order chi connectivity index (χ0) is 12.2. The van der Waals surface area contributed by atoms with Crippen molar-refractivity contribution in [3.05, 3.63) is 35.8 Å². The first-order valence-corrected chi connectivity index (χ1v) is 7.22. The van der Waals surface area contributed by atoms with Crippen molar-refractivity contribution in [1.82, 2.24) is 4.98 Å². The summed E-state index contributed by atoms with van der Waals surface area (Å²) in [6.45, 7) is 2.31. The highest BCUT2D eigenvalue weighted by Gasteiger charge is 2.11. The number of benzene rings is 1. The maximum atomic E-state index is 5.73. The van der Waals surface area contributed by atoms with E-state index in [4.69, 9.17) is 4.74 Å². The van der Waals surface area contributed by atoms with Crippen LogP contribution in [0.4, 0.5) is 5.69 Å². The second-order valence-electron chi connectivity index (χ2n) is 4.45. The van der Waals surface area contributed by atoms with E-state index in [-0.39, 0.29) is 0 Å². The van der Waals surface area contributed by atoms with E-state index in [0.717, 1.165) is 18.8 Å². The van der Waals surface area contributed by atoms with Gasteiger partial charge < -0.3 is 9.64 Å². The molecular formula is C14H16N2OS. The van der Waals surface area contributed by atoms with Crippen molar-refractivity contribution in [2.45, 2.75) is 19.3 Å². The van der Waals surface area contributed by atoms with E-state index in [0.29, 0.717) is 5.19 Å². The van der Waals surface area contributed by atoms with E-state index in [1.54, 1.807) is 6.20 Å². The highest BCUT2D eigenvalue weighted by Crippen LogP contribution is 2.28. The summed E-state index contributed by atoms with van der Waals surface area (Å²) in [5.41, 5.74) is 1.25. The molecule has 0 aliphatic carbocycles. The Hall–Kier alpha value is -1.55. The van der Waals surface area contributed by atoms with Gasteiger partial charge in [0.1, 0.15) is 5.75 Å². The molecule has 1 saturated heterocycles. The monoisotopic (exact) mass is 260 g/mol. The van der Waals surface area contributed by atoms with Crippen molar-refractivity contribution in [2.75, 3.05) is 18.0 Å². The molecule has 1 aromatic carbocycles. The van der Waals surface area contributed by atoms with Gasteiger partial charge in [-0.3, -0.25) is 0 Å². The van der Waals surface area contributed by atoms with Gasteiger partial charge >= 0.3 is 0 Å². The van der Waals surface area contributed by atoms with Crippen LogP contribution in [-0.2, 0) is 0 Å². The van der Waals surface area contributed by atoms with Crippen LogP contribution in [0.1, 0.15) is 19.3 Å². The highest BCUT2D eigenvalue weighted by molar-refractivity contribution is 7.11. The first kappa shape index (κ1) is 11.5. The molecule has 4 heteroatoms. The number of ether oxygens (including phenoxy) is 1. The summed E-state index contributed by atoms with van der Waals surface area (Å²) >= 11 is 1.51. The molecule has 0 saturated carbocycles. The van der Waals surface area contributed by atoms with Crippen molar-refractivity contribution >= 4 is 17.0 Å². The number of hydrogen-bond acceptors (Lipinski definition) is 4. The van der Waals surface area contributed by atoms with Gasteiger partial charge in [0.2, 0.25) is 0 Å². The lowest BCUT2D eigenvalue weighted by atomic mass is 10.1. The Morgan fingerprint density at radius 1 is 1.17 bits per heavy atom. The van der Waals surface area contributed by atoms with Crippen LogP contribution in [0.25, 0.3) is 0 Å². The smallest absolute Gasteiger partial charge is 0.278 e. The molecule has 0 atom stereocenters. The Kier molecular flexibility index (Phi) is 3.46. The molecular weight excluding hydrogens is 244 g/mol. The summed E-state index contributed by atoms with van der Waals surface area (Å²) in [5, 5.41) is 2.62. The molecule has 1 aliphatic heterocycles. The summed E-state index contributed by atoms with van der Waals surface area (Å²) in [6.07, 6.45) is 5.69. The third kappa shape index (κ3) is 2.64. The zero-order valence-corrected chi connectivity index (χ0v) is 11.0. The standard InChI is InChI=1S/C14H16N2OS/c1-2-8-16(9-3-1)12-5-4-6-13(11-12)17-14-15-7-10-18-14/h4-7,10-11H,1-3,8-9H2. The first-order valence-electron chi connectivity index (χ1n) is 6.34. The third-order valence-electron chi connectivity index (χ3n) is 3.15. The maximum absolute atomic E-state index is 5.73. The van der Waals surface area contributed by atoms with Crippen LogP contribution in [0, 0.1) is 0 Å². The second kappa shape index (κ2) is 5.40. The van der Waals surface area contributed by atoms with Gasteiger partial charge in [-0.1, -0.05) is 17.4 Å².